The van der Waals surface area contributed by atoms with E-state index in [9.17, 15) is 19.2 Å². The fourth-order valence-electron chi connectivity index (χ4n) is 6.10. The fraction of sp³-hybridized carbons (Fsp3) is 0.538. The predicted octanol–water partition coefficient (Wildman–Crippen LogP) is 4.93. The summed E-state index contributed by atoms with van der Waals surface area (Å²) >= 11 is 6.36. The van der Waals surface area contributed by atoms with Crippen molar-refractivity contribution in [1.82, 2.24) is 16.0 Å². The van der Waals surface area contributed by atoms with Crippen molar-refractivity contribution in [2.24, 2.45) is 22.5 Å². The average Bonchev–Trinajstić information content (AvgIpc) is 3.87. The molecule has 1 saturated heterocycles. The Balaban J connectivity index is 1.65. The number of nitrogens with two attached hydrogens (primary N) is 1. The fourth-order valence-corrected chi connectivity index (χ4v) is 6.38. The van der Waals surface area contributed by atoms with Crippen LogP contribution in [0.3, 0.4) is 0 Å². The molecule has 5 N–H and O–H groups in total. The summed E-state index contributed by atoms with van der Waals surface area (Å²) in [5, 5.41) is 9.04. The molecule has 12 heteroatoms. The molecular weight excluding hydrogens is 672 g/mol. The van der Waals surface area contributed by atoms with Gasteiger partial charge in [0, 0.05) is 31.3 Å². The molecule has 0 saturated carbocycles. The summed E-state index contributed by atoms with van der Waals surface area (Å²) in [7, 11) is 1.51. The first-order valence-corrected chi connectivity index (χ1v) is 17.9. The van der Waals surface area contributed by atoms with Crippen molar-refractivity contribution in [3.05, 3.63) is 76.3 Å². The van der Waals surface area contributed by atoms with E-state index in [0.29, 0.717) is 29.3 Å². The first-order chi connectivity index (χ1) is 23.9. The molecule has 2 heterocycles. The molecule has 51 heavy (non-hydrogen) atoms. The van der Waals surface area contributed by atoms with Gasteiger partial charge in [0.25, 0.3) is 0 Å². The lowest BCUT2D eigenvalue weighted by Crippen LogP contribution is -2.58. The van der Waals surface area contributed by atoms with Crippen LogP contribution in [0.15, 0.2) is 54.6 Å². The van der Waals surface area contributed by atoms with Crippen LogP contribution in [0.1, 0.15) is 84.1 Å². The summed E-state index contributed by atoms with van der Waals surface area (Å²) in [6, 6.07) is 10.4. The number of cyclic esters (lactones) is 1. The van der Waals surface area contributed by atoms with E-state index in [-0.39, 0.29) is 36.4 Å². The minimum absolute atomic E-state index is 0.131. The SMILES string of the molecule is COc1ccc(C[C@H]2NC(=O)/C=C/C[C@@H](C(C)[C@H]3O[C@@H]3c3ccc(CN)cc3)OC(=O)[C@H](CC(C)(C)C)NC(=O)C(C)(C)C(C)NC2=O)cc1Cl. The predicted molar refractivity (Wildman–Crippen MR) is 196 cm³/mol. The van der Waals surface area contributed by atoms with Gasteiger partial charge in [-0.15, -0.1) is 0 Å². The molecule has 11 nitrogen and oxygen atoms in total. The van der Waals surface area contributed by atoms with Crippen LogP contribution in [0.25, 0.3) is 0 Å². The van der Waals surface area contributed by atoms with Crippen LogP contribution in [0, 0.1) is 16.7 Å². The smallest absolute Gasteiger partial charge is 0.328 e. The number of esters is 1. The Kier molecular flexibility index (Phi) is 13.0. The minimum atomic E-state index is -1.15. The second-order valence-electron chi connectivity index (χ2n) is 15.4. The number of hydrogen-bond donors (Lipinski definition) is 4. The van der Waals surface area contributed by atoms with E-state index in [1.165, 1.54) is 13.2 Å². The van der Waals surface area contributed by atoms with E-state index in [2.05, 4.69) is 16.0 Å². The van der Waals surface area contributed by atoms with Gasteiger partial charge in [0.15, 0.2) is 0 Å². The molecule has 2 aromatic rings. The number of nitrogens with one attached hydrogen (secondary N) is 3. The topological polar surface area (TPSA) is 161 Å². The molecule has 0 aliphatic carbocycles. The molecule has 2 aliphatic heterocycles. The number of methoxy groups -OCH3 is 1. The molecule has 0 spiro atoms. The van der Waals surface area contributed by atoms with Crippen LogP contribution in [0.4, 0.5) is 0 Å². The Morgan fingerprint density at radius 1 is 1.00 bits per heavy atom. The number of epoxide rings is 1. The first kappa shape index (κ1) is 39.8. The van der Waals surface area contributed by atoms with E-state index in [0.717, 1.165) is 11.1 Å². The Morgan fingerprint density at radius 3 is 2.27 bits per heavy atom. The van der Waals surface area contributed by atoms with Gasteiger partial charge in [-0.1, -0.05) is 75.7 Å². The molecule has 0 radical (unpaired) electrons. The van der Waals surface area contributed by atoms with Crippen LogP contribution in [-0.2, 0) is 41.6 Å². The van der Waals surface area contributed by atoms with Gasteiger partial charge in [-0.25, -0.2) is 4.79 Å². The zero-order valence-corrected chi connectivity index (χ0v) is 31.6. The number of ether oxygens (including phenoxy) is 3. The molecule has 2 unspecified atom stereocenters. The van der Waals surface area contributed by atoms with Gasteiger partial charge in [0.1, 0.15) is 30.0 Å². The molecule has 7 atom stereocenters. The van der Waals surface area contributed by atoms with E-state index < -0.39 is 53.3 Å². The number of halogens is 1. The molecule has 0 aromatic heterocycles. The molecule has 0 bridgehead atoms. The van der Waals surface area contributed by atoms with Crippen molar-refractivity contribution in [2.45, 2.75) is 111 Å². The number of hydrogen-bond acceptors (Lipinski definition) is 8. The summed E-state index contributed by atoms with van der Waals surface area (Å²) in [5.74, 6) is -1.76. The number of benzene rings is 2. The van der Waals surface area contributed by atoms with Gasteiger partial charge in [-0.3, -0.25) is 14.4 Å². The molecule has 3 amide bonds. The third-order valence-electron chi connectivity index (χ3n) is 9.80. The summed E-state index contributed by atoms with van der Waals surface area (Å²) in [4.78, 5) is 54.9. The largest absolute Gasteiger partial charge is 0.495 e. The zero-order chi connectivity index (χ0) is 37.7. The molecule has 278 valence electrons. The number of carbonyl (C=O) groups is 4. The Hall–Kier alpha value is -3.93. The second kappa shape index (κ2) is 16.6. The third-order valence-corrected chi connectivity index (χ3v) is 10.1. The van der Waals surface area contributed by atoms with Crippen molar-refractivity contribution < 1.29 is 33.4 Å². The maximum atomic E-state index is 13.9. The second-order valence-corrected chi connectivity index (χ2v) is 15.8. The highest BCUT2D eigenvalue weighted by molar-refractivity contribution is 6.32. The van der Waals surface area contributed by atoms with Crippen molar-refractivity contribution in [1.29, 1.82) is 0 Å². The van der Waals surface area contributed by atoms with Crippen molar-refractivity contribution in [3.8, 4) is 5.75 Å². The van der Waals surface area contributed by atoms with Crippen LogP contribution in [0.5, 0.6) is 5.75 Å². The van der Waals surface area contributed by atoms with Gasteiger partial charge in [0.05, 0.1) is 23.7 Å². The van der Waals surface area contributed by atoms with Crippen molar-refractivity contribution >= 4 is 35.3 Å². The highest BCUT2D eigenvalue weighted by Crippen LogP contribution is 2.45. The lowest BCUT2D eigenvalue weighted by Gasteiger charge is -2.35. The molecule has 1 fully saturated rings. The molecular formula is C39H53ClN4O7. The standard InChI is InChI=1S/C39H53ClN4O7/c1-22(33-34(51-33)26-15-12-24(21-41)13-16-26)30-10-9-11-32(45)43-28(19-25-14-17-31(49-8)27(40)18-25)35(46)42-23(2)39(6,7)37(48)44-29(36(47)50-30)20-38(3,4)5/h9,11-18,22-23,28-30,33-34H,10,19-21,41H2,1-8H3,(H,42,46)(H,43,45)(H,44,48)/b11-9+/t22?,23?,28-,29+,30+,33-,34-/m1/s1. The summed E-state index contributed by atoms with van der Waals surface area (Å²) in [6.45, 7) is 13.4. The van der Waals surface area contributed by atoms with Crippen LogP contribution >= 0.6 is 11.6 Å². The van der Waals surface area contributed by atoms with E-state index in [1.807, 2.05) is 52.0 Å². The van der Waals surface area contributed by atoms with Crippen LogP contribution in [-0.4, -0.2) is 61.1 Å². The van der Waals surface area contributed by atoms with Gasteiger partial charge < -0.3 is 35.9 Å². The van der Waals surface area contributed by atoms with Crippen LogP contribution in [0.2, 0.25) is 5.02 Å². The highest BCUT2D eigenvalue weighted by Gasteiger charge is 2.48. The first-order valence-electron chi connectivity index (χ1n) is 17.5. The van der Waals surface area contributed by atoms with Gasteiger partial charge >= 0.3 is 5.97 Å². The van der Waals surface area contributed by atoms with E-state index >= 15 is 0 Å². The summed E-state index contributed by atoms with van der Waals surface area (Å²) in [5.41, 5.74) is 6.99. The maximum absolute atomic E-state index is 13.9. The molecule has 2 aromatic carbocycles. The minimum Gasteiger partial charge on any atom is -0.495 e. The zero-order valence-electron chi connectivity index (χ0n) is 30.9. The van der Waals surface area contributed by atoms with Crippen molar-refractivity contribution in [3.63, 3.8) is 0 Å². The summed E-state index contributed by atoms with van der Waals surface area (Å²) in [6.07, 6.45) is 2.52. The lowest BCUT2D eigenvalue weighted by atomic mass is 9.82. The van der Waals surface area contributed by atoms with E-state index in [1.54, 1.807) is 45.0 Å². The number of rotatable bonds is 8. The Bertz CT molecular complexity index is 1600. The summed E-state index contributed by atoms with van der Waals surface area (Å²) < 4.78 is 17.6. The highest BCUT2D eigenvalue weighted by atomic mass is 35.5. The quantitative estimate of drug-likeness (QED) is 0.220. The van der Waals surface area contributed by atoms with Gasteiger partial charge in [-0.2, -0.15) is 0 Å². The van der Waals surface area contributed by atoms with Gasteiger partial charge in [-0.05, 0) is 67.5 Å². The van der Waals surface area contributed by atoms with Gasteiger partial charge in [0.2, 0.25) is 17.7 Å². The number of amides is 3. The average molecular weight is 725 g/mol. The third kappa shape index (κ3) is 10.6. The van der Waals surface area contributed by atoms with E-state index in [4.69, 9.17) is 31.5 Å². The lowest BCUT2D eigenvalue weighted by molar-refractivity contribution is -0.157. The molecule has 2 aliphatic rings. The monoisotopic (exact) mass is 724 g/mol. The Labute approximate surface area is 306 Å². The maximum Gasteiger partial charge on any atom is 0.328 e. The Morgan fingerprint density at radius 2 is 1.67 bits per heavy atom. The molecule has 4 rings (SSSR count). The van der Waals surface area contributed by atoms with Crippen molar-refractivity contribution in [2.75, 3.05) is 7.11 Å². The normalized spacial score (nSPS) is 27.3. The van der Waals surface area contributed by atoms with Crippen LogP contribution < -0.4 is 26.4 Å². The number of carbonyl (C=O) groups excluding carboxylic acids is 4.